The number of carbonyl (C=O) groups excluding carboxylic acids is 1. The maximum absolute atomic E-state index is 13.0. The highest BCUT2D eigenvalue weighted by molar-refractivity contribution is 6.30. The molecule has 1 aliphatic heterocycles. The monoisotopic (exact) mass is 462 g/mol. The molecule has 11 nitrogen and oxygen atoms in total. The number of amides is 1. The van der Waals surface area contributed by atoms with Crippen LogP contribution >= 0.6 is 11.6 Å². The first-order chi connectivity index (χ1) is 15.2. The fourth-order valence-electron chi connectivity index (χ4n) is 4.22. The number of aryl methyl sites for hydroxylation is 3. The third kappa shape index (κ3) is 3.86. The molecular formula is C20H27ClN8O3. The molecule has 0 bridgehead atoms. The highest BCUT2D eigenvalue weighted by Crippen LogP contribution is 2.21. The van der Waals surface area contributed by atoms with Crippen molar-refractivity contribution in [2.24, 2.45) is 21.1 Å². The second kappa shape index (κ2) is 8.55. The van der Waals surface area contributed by atoms with Crippen LogP contribution in [0.3, 0.4) is 0 Å². The molecule has 0 spiro atoms. The summed E-state index contributed by atoms with van der Waals surface area (Å²) in [6, 6.07) is 0. The van der Waals surface area contributed by atoms with Crippen LogP contribution in [-0.4, -0.2) is 70.4 Å². The molecule has 0 unspecified atom stereocenters. The van der Waals surface area contributed by atoms with Crippen LogP contribution in [0.5, 0.6) is 0 Å². The Balaban J connectivity index is 1.47. The van der Waals surface area contributed by atoms with Gasteiger partial charge in [-0.15, -0.1) is 0 Å². The van der Waals surface area contributed by atoms with E-state index in [2.05, 4.69) is 15.0 Å². The van der Waals surface area contributed by atoms with E-state index >= 15 is 0 Å². The van der Waals surface area contributed by atoms with Crippen molar-refractivity contribution < 1.29 is 4.79 Å². The fourth-order valence-corrected chi connectivity index (χ4v) is 4.45. The molecule has 172 valence electrons. The lowest BCUT2D eigenvalue weighted by molar-refractivity contribution is -0.131. The minimum atomic E-state index is -0.459. The van der Waals surface area contributed by atoms with Gasteiger partial charge < -0.3 is 9.47 Å². The highest BCUT2D eigenvalue weighted by Gasteiger charge is 2.23. The summed E-state index contributed by atoms with van der Waals surface area (Å²) in [5.74, 6) is -0.0855. The number of imidazole rings is 1. The third-order valence-corrected chi connectivity index (χ3v) is 6.59. The second-order valence-corrected chi connectivity index (χ2v) is 8.60. The third-order valence-electron chi connectivity index (χ3n) is 6.12. The van der Waals surface area contributed by atoms with E-state index in [0.717, 1.165) is 35.3 Å². The molecule has 0 N–H and O–H groups in total. The van der Waals surface area contributed by atoms with E-state index in [1.807, 2.05) is 18.9 Å². The minimum absolute atomic E-state index is 0.00249. The van der Waals surface area contributed by atoms with E-state index in [0.29, 0.717) is 24.8 Å². The first-order valence-corrected chi connectivity index (χ1v) is 10.9. The van der Waals surface area contributed by atoms with Crippen molar-refractivity contribution >= 4 is 28.7 Å². The Morgan fingerprint density at radius 3 is 2.53 bits per heavy atom. The number of hydrogen-bond acceptors (Lipinski definition) is 6. The number of fused-ring (bicyclic) bond motifs is 1. The van der Waals surface area contributed by atoms with Crippen LogP contribution in [0.1, 0.15) is 17.7 Å². The van der Waals surface area contributed by atoms with Gasteiger partial charge in [0, 0.05) is 59.4 Å². The van der Waals surface area contributed by atoms with Crippen LogP contribution in [-0.2, 0) is 39.0 Å². The highest BCUT2D eigenvalue weighted by atomic mass is 35.5. The van der Waals surface area contributed by atoms with Crippen molar-refractivity contribution in [2.45, 2.75) is 26.4 Å². The molecule has 0 aliphatic carbocycles. The SMILES string of the molecule is Cc1nn(C)c(Cl)c1CN1CCCN(C(=O)Cn2cnc3c2c(=O)n(C)c(=O)n3C)CC1. The molecular weight excluding hydrogens is 436 g/mol. The smallest absolute Gasteiger partial charge is 0.332 e. The molecule has 4 rings (SSSR count). The quantitative estimate of drug-likeness (QED) is 0.535. The topological polar surface area (TPSA) is 103 Å². The molecule has 3 aromatic rings. The molecule has 0 saturated carbocycles. The number of hydrogen-bond donors (Lipinski definition) is 0. The Bertz CT molecular complexity index is 1300. The lowest BCUT2D eigenvalue weighted by Crippen LogP contribution is -2.39. The standard InChI is InChI=1S/C20H27ClN8O3/c1-13-14(17(21)26(4)23-13)10-27-6-5-7-28(9-8-27)15(30)11-29-12-22-18-16(29)19(31)25(3)20(32)24(18)2/h12H,5-11H2,1-4H3. The molecule has 3 aromatic heterocycles. The van der Waals surface area contributed by atoms with Gasteiger partial charge in [0.2, 0.25) is 5.91 Å². The number of halogens is 1. The summed E-state index contributed by atoms with van der Waals surface area (Å²) in [6.07, 6.45) is 2.28. The Hall–Kier alpha value is -2.92. The van der Waals surface area contributed by atoms with Gasteiger partial charge in [-0.3, -0.25) is 28.3 Å². The van der Waals surface area contributed by atoms with E-state index in [4.69, 9.17) is 11.6 Å². The Morgan fingerprint density at radius 1 is 1.09 bits per heavy atom. The van der Waals surface area contributed by atoms with Crippen LogP contribution in [0.25, 0.3) is 11.2 Å². The maximum Gasteiger partial charge on any atom is 0.332 e. The van der Waals surface area contributed by atoms with Crippen molar-refractivity contribution in [3.63, 3.8) is 0 Å². The van der Waals surface area contributed by atoms with Crippen molar-refractivity contribution in [3.8, 4) is 0 Å². The van der Waals surface area contributed by atoms with Crippen LogP contribution in [0.15, 0.2) is 15.9 Å². The molecule has 32 heavy (non-hydrogen) atoms. The first-order valence-electron chi connectivity index (χ1n) is 10.5. The normalized spacial score (nSPS) is 15.5. The van der Waals surface area contributed by atoms with Gasteiger partial charge >= 0.3 is 5.69 Å². The van der Waals surface area contributed by atoms with Crippen molar-refractivity contribution in [3.05, 3.63) is 43.6 Å². The zero-order valence-corrected chi connectivity index (χ0v) is 19.5. The fraction of sp³-hybridized carbons (Fsp3) is 0.550. The van der Waals surface area contributed by atoms with Gasteiger partial charge in [0.05, 0.1) is 12.0 Å². The first kappa shape index (κ1) is 22.3. The number of nitrogens with zero attached hydrogens (tertiary/aromatic N) is 8. The van der Waals surface area contributed by atoms with Gasteiger partial charge in [0.25, 0.3) is 5.56 Å². The summed E-state index contributed by atoms with van der Waals surface area (Å²) in [4.78, 5) is 46.0. The van der Waals surface area contributed by atoms with E-state index in [9.17, 15) is 14.4 Å². The molecule has 1 aliphatic rings. The average Bonchev–Trinajstić information content (AvgIpc) is 3.16. The van der Waals surface area contributed by atoms with Gasteiger partial charge in [-0.1, -0.05) is 11.6 Å². The van der Waals surface area contributed by atoms with Gasteiger partial charge in [0.15, 0.2) is 11.2 Å². The van der Waals surface area contributed by atoms with E-state index in [1.54, 1.807) is 11.7 Å². The van der Waals surface area contributed by atoms with Gasteiger partial charge in [-0.25, -0.2) is 9.78 Å². The molecule has 0 aromatic carbocycles. The summed E-state index contributed by atoms with van der Waals surface area (Å²) in [6.45, 7) is 5.43. The van der Waals surface area contributed by atoms with Crippen molar-refractivity contribution in [1.82, 2.24) is 38.3 Å². The maximum atomic E-state index is 13.0. The number of carbonyl (C=O) groups is 1. The van der Waals surface area contributed by atoms with Gasteiger partial charge in [0.1, 0.15) is 11.7 Å². The molecule has 0 radical (unpaired) electrons. The van der Waals surface area contributed by atoms with Gasteiger partial charge in [-0.2, -0.15) is 5.10 Å². The zero-order chi connectivity index (χ0) is 23.2. The number of aromatic nitrogens is 6. The Morgan fingerprint density at radius 2 is 1.84 bits per heavy atom. The van der Waals surface area contributed by atoms with E-state index < -0.39 is 11.2 Å². The predicted molar refractivity (Wildman–Crippen MR) is 120 cm³/mol. The minimum Gasteiger partial charge on any atom is -0.340 e. The average molecular weight is 463 g/mol. The van der Waals surface area contributed by atoms with E-state index in [1.165, 1.54) is 22.5 Å². The van der Waals surface area contributed by atoms with Crippen molar-refractivity contribution in [1.29, 1.82) is 0 Å². The van der Waals surface area contributed by atoms with Crippen LogP contribution in [0, 0.1) is 6.92 Å². The molecule has 12 heteroatoms. The Labute approximate surface area is 189 Å². The summed E-state index contributed by atoms with van der Waals surface area (Å²) < 4.78 is 5.55. The summed E-state index contributed by atoms with van der Waals surface area (Å²) in [7, 11) is 4.80. The van der Waals surface area contributed by atoms with Gasteiger partial charge in [-0.05, 0) is 13.3 Å². The predicted octanol–water partition coefficient (Wildman–Crippen LogP) is -0.136. The number of rotatable bonds is 4. The van der Waals surface area contributed by atoms with Crippen LogP contribution in [0.2, 0.25) is 5.15 Å². The Kier molecular flexibility index (Phi) is 5.95. The van der Waals surface area contributed by atoms with Crippen LogP contribution in [0.4, 0.5) is 0 Å². The molecule has 4 heterocycles. The summed E-state index contributed by atoms with van der Waals surface area (Å²) in [5, 5.41) is 5.01. The summed E-state index contributed by atoms with van der Waals surface area (Å²) in [5.41, 5.74) is 1.55. The van der Waals surface area contributed by atoms with Crippen LogP contribution < -0.4 is 11.2 Å². The zero-order valence-electron chi connectivity index (χ0n) is 18.7. The lowest BCUT2D eigenvalue weighted by Gasteiger charge is -2.22. The molecule has 1 fully saturated rings. The summed E-state index contributed by atoms with van der Waals surface area (Å²) >= 11 is 6.38. The second-order valence-electron chi connectivity index (χ2n) is 8.24. The molecule has 1 saturated heterocycles. The lowest BCUT2D eigenvalue weighted by atomic mass is 10.2. The van der Waals surface area contributed by atoms with Crippen molar-refractivity contribution in [2.75, 3.05) is 26.2 Å². The van der Waals surface area contributed by atoms with E-state index in [-0.39, 0.29) is 23.6 Å². The molecule has 0 atom stereocenters. The molecule has 1 amide bonds. The largest absolute Gasteiger partial charge is 0.340 e.